The molecule has 0 spiro atoms. The van der Waals surface area contributed by atoms with Gasteiger partial charge in [0.1, 0.15) is 11.4 Å². The highest BCUT2D eigenvalue weighted by molar-refractivity contribution is 5.94. The Bertz CT molecular complexity index is 493. The molecule has 1 aliphatic carbocycles. The molecule has 1 heterocycles. The Hall–Kier alpha value is -1.91. The molecule has 0 saturated heterocycles. The number of amides is 1. The third-order valence-electron chi connectivity index (χ3n) is 3.69. The molecule has 1 fully saturated rings. The summed E-state index contributed by atoms with van der Waals surface area (Å²) in [6.07, 6.45) is 4.66. The molecule has 5 nitrogen and oxygen atoms in total. The fourth-order valence-electron chi connectivity index (χ4n) is 2.47. The molecule has 1 saturated carbocycles. The highest BCUT2D eigenvalue weighted by Gasteiger charge is 2.29. The van der Waals surface area contributed by atoms with Gasteiger partial charge >= 0.3 is 5.97 Å². The predicted molar refractivity (Wildman–Crippen MR) is 70.1 cm³/mol. The standard InChI is InChI=1S/C14H18N2O3/c1-14(7-2-3-8-14)9-15-12(17)10-5-4-6-11(16-10)13(18)19/h4-6H,2-3,7-9H2,1H3,(H,15,17)(H,18,19). The van der Waals surface area contributed by atoms with E-state index in [4.69, 9.17) is 5.11 Å². The van der Waals surface area contributed by atoms with Crippen molar-refractivity contribution >= 4 is 11.9 Å². The Balaban J connectivity index is 1.99. The molecule has 0 aliphatic heterocycles. The van der Waals surface area contributed by atoms with Crippen LogP contribution in [0, 0.1) is 5.41 Å². The lowest BCUT2D eigenvalue weighted by Gasteiger charge is -2.23. The van der Waals surface area contributed by atoms with E-state index in [0.717, 1.165) is 12.8 Å². The Labute approximate surface area is 112 Å². The summed E-state index contributed by atoms with van der Waals surface area (Å²) in [4.78, 5) is 26.6. The van der Waals surface area contributed by atoms with E-state index in [1.807, 2.05) is 0 Å². The van der Waals surface area contributed by atoms with Crippen molar-refractivity contribution in [2.45, 2.75) is 32.6 Å². The lowest BCUT2D eigenvalue weighted by atomic mass is 9.89. The second-order valence-electron chi connectivity index (χ2n) is 5.41. The number of rotatable bonds is 4. The Kier molecular flexibility index (Phi) is 3.83. The van der Waals surface area contributed by atoms with Crippen molar-refractivity contribution < 1.29 is 14.7 Å². The molecule has 2 N–H and O–H groups in total. The molecule has 1 aromatic heterocycles. The maximum absolute atomic E-state index is 12.0. The van der Waals surface area contributed by atoms with Gasteiger partial charge in [0.2, 0.25) is 0 Å². The van der Waals surface area contributed by atoms with Crippen LogP contribution in [0.3, 0.4) is 0 Å². The maximum Gasteiger partial charge on any atom is 0.354 e. The molecule has 0 radical (unpaired) electrons. The van der Waals surface area contributed by atoms with E-state index >= 15 is 0 Å². The molecular formula is C14H18N2O3. The zero-order chi connectivity index (χ0) is 13.9. The van der Waals surface area contributed by atoms with Crippen LogP contribution in [0.15, 0.2) is 18.2 Å². The van der Waals surface area contributed by atoms with E-state index in [9.17, 15) is 9.59 Å². The number of carboxylic acids is 1. The number of carbonyl (C=O) groups excluding carboxylic acids is 1. The predicted octanol–water partition coefficient (Wildman–Crippen LogP) is 2.09. The fraction of sp³-hybridized carbons (Fsp3) is 0.500. The van der Waals surface area contributed by atoms with Gasteiger partial charge in [-0.2, -0.15) is 0 Å². The van der Waals surface area contributed by atoms with Crippen molar-refractivity contribution in [1.29, 1.82) is 0 Å². The van der Waals surface area contributed by atoms with Crippen LogP contribution in [0.4, 0.5) is 0 Å². The van der Waals surface area contributed by atoms with Gasteiger partial charge < -0.3 is 10.4 Å². The van der Waals surface area contributed by atoms with Gasteiger partial charge in [0.15, 0.2) is 0 Å². The van der Waals surface area contributed by atoms with Crippen molar-refractivity contribution in [3.05, 3.63) is 29.6 Å². The summed E-state index contributed by atoms with van der Waals surface area (Å²) in [5.74, 6) is -1.44. The average Bonchev–Trinajstić information content (AvgIpc) is 2.83. The number of carboxylic acid groups (broad SMARTS) is 1. The fourth-order valence-corrected chi connectivity index (χ4v) is 2.47. The molecule has 2 rings (SSSR count). The molecule has 1 aliphatic rings. The van der Waals surface area contributed by atoms with Crippen LogP contribution >= 0.6 is 0 Å². The van der Waals surface area contributed by atoms with Gasteiger partial charge in [-0.05, 0) is 30.4 Å². The minimum atomic E-state index is -1.13. The Morgan fingerprint density at radius 1 is 1.32 bits per heavy atom. The monoisotopic (exact) mass is 262 g/mol. The molecular weight excluding hydrogens is 244 g/mol. The third-order valence-corrected chi connectivity index (χ3v) is 3.69. The maximum atomic E-state index is 12.0. The van der Waals surface area contributed by atoms with Gasteiger partial charge in [-0.25, -0.2) is 9.78 Å². The second kappa shape index (κ2) is 5.38. The molecule has 5 heteroatoms. The number of hydrogen-bond donors (Lipinski definition) is 2. The van der Waals surface area contributed by atoms with Crippen LogP contribution < -0.4 is 5.32 Å². The van der Waals surface area contributed by atoms with Gasteiger partial charge in [0, 0.05) is 6.54 Å². The first kappa shape index (κ1) is 13.5. The molecule has 102 valence electrons. The molecule has 0 aromatic carbocycles. The van der Waals surface area contributed by atoms with E-state index in [1.165, 1.54) is 31.0 Å². The zero-order valence-electron chi connectivity index (χ0n) is 11.0. The third kappa shape index (κ3) is 3.30. The van der Waals surface area contributed by atoms with E-state index < -0.39 is 5.97 Å². The molecule has 0 unspecified atom stereocenters. The van der Waals surface area contributed by atoms with Gasteiger partial charge in [0.25, 0.3) is 5.91 Å². The number of carbonyl (C=O) groups is 2. The number of nitrogens with zero attached hydrogens (tertiary/aromatic N) is 1. The van der Waals surface area contributed by atoms with Crippen molar-refractivity contribution in [2.24, 2.45) is 5.41 Å². The van der Waals surface area contributed by atoms with Crippen LogP contribution in [0.2, 0.25) is 0 Å². The second-order valence-corrected chi connectivity index (χ2v) is 5.41. The smallest absolute Gasteiger partial charge is 0.354 e. The summed E-state index contributed by atoms with van der Waals surface area (Å²) in [5, 5.41) is 11.7. The topological polar surface area (TPSA) is 79.3 Å². The summed E-state index contributed by atoms with van der Waals surface area (Å²) >= 11 is 0. The quantitative estimate of drug-likeness (QED) is 0.870. The highest BCUT2D eigenvalue weighted by atomic mass is 16.4. The number of nitrogens with one attached hydrogen (secondary N) is 1. The molecule has 1 aromatic rings. The van der Waals surface area contributed by atoms with E-state index in [-0.39, 0.29) is 22.7 Å². The van der Waals surface area contributed by atoms with E-state index in [1.54, 1.807) is 0 Å². The summed E-state index contributed by atoms with van der Waals surface area (Å²) in [6.45, 7) is 2.78. The summed E-state index contributed by atoms with van der Waals surface area (Å²) in [5.41, 5.74) is 0.210. The van der Waals surface area contributed by atoms with Crippen LogP contribution in [0.1, 0.15) is 53.6 Å². The van der Waals surface area contributed by atoms with E-state index in [2.05, 4.69) is 17.2 Å². The van der Waals surface area contributed by atoms with Crippen LogP contribution in [-0.2, 0) is 0 Å². The van der Waals surface area contributed by atoms with Crippen LogP contribution in [0.5, 0.6) is 0 Å². The van der Waals surface area contributed by atoms with Crippen molar-refractivity contribution in [1.82, 2.24) is 10.3 Å². The van der Waals surface area contributed by atoms with Gasteiger partial charge in [-0.1, -0.05) is 25.8 Å². The SMILES string of the molecule is CC1(CNC(=O)c2cccc(C(=O)O)n2)CCCC1. The Morgan fingerprint density at radius 2 is 1.95 bits per heavy atom. The number of aromatic carboxylic acids is 1. The van der Waals surface area contributed by atoms with Gasteiger partial charge in [-0.3, -0.25) is 4.79 Å². The highest BCUT2D eigenvalue weighted by Crippen LogP contribution is 2.36. The van der Waals surface area contributed by atoms with Crippen LogP contribution in [-0.4, -0.2) is 28.5 Å². The lowest BCUT2D eigenvalue weighted by molar-refractivity contribution is 0.0690. The number of hydrogen-bond acceptors (Lipinski definition) is 3. The van der Waals surface area contributed by atoms with Crippen LogP contribution in [0.25, 0.3) is 0 Å². The van der Waals surface area contributed by atoms with Crippen molar-refractivity contribution in [3.8, 4) is 0 Å². The first-order chi connectivity index (χ1) is 9.00. The zero-order valence-corrected chi connectivity index (χ0v) is 11.0. The first-order valence-corrected chi connectivity index (χ1v) is 6.49. The van der Waals surface area contributed by atoms with E-state index in [0.29, 0.717) is 6.54 Å². The number of pyridine rings is 1. The summed E-state index contributed by atoms with van der Waals surface area (Å²) in [7, 11) is 0. The normalized spacial score (nSPS) is 17.1. The minimum Gasteiger partial charge on any atom is -0.477 e. The molecule has 1 amide bonds. The number of aromatic nitrogens is 1. The lowest BCUT2D eigenvalue weighted by Crippen LogP contribution is -2.34. The van der Waals surface area contributed by atoms with Gasteiger partial charge in [-0.15, -0.1) is 0 Å². The molecule has 0 bridgehead atoms. The average molecular weight is 262 g/mol. The molecule has 0 atom stereocenters. The summed E-state index contributed by atoms with van der Waals surface area (Å²) in [6, 6.07) is 4.43. The van der Waals surface area contributed by atoms with Crippen molar-refractivity contribution in [3.63, 3.8) is 0 Å². The van der Waals surface area contributed by atoms with Gasteiger partial charge in [0.05, 0.1) is 0 Å². The summed E-state index contributed by atoms with van der Waals surface area (Å²) < 4.78 is 0. The largest absolute Gasteiger partial charge is 0.477 e. The minimum absolute atomic E-state index is 0.111. The Morgan fingerprint density at radius 3 is 2.58 bits per heavy atom. The van der Waals surface area contributed by atoms with Crippen molar-refractivity contribution in [2.75, 3.05) is 6.54 Å². The molecule has 19 heavy (non-hydrogen) atoms. The first-order valence-electron chi connectivity index (χ1n) is 6.49.